The van der Waals surface area contributed by atoms with Crippen molar-refractivity contribution in [3.8, 4) is 0 Å². The molecular formula is C12H17Br2FO2. The third kappa shape index (κ3) is 2.75. The van der Waals surface area contributed by atoms with E-state index in [1.807, 2.05) is 0 Å². The molecule has 0 saturated heterocycles. The van der Waals surface area contributed by atoms with Gasteiger partial charge < -0.3 is 4.74 Å². The molecule has 0 amide bonds. The van der Waals surface area contributed by atoms with Crippen LogP contribution in [-0.4, -0.2) is 17.2 Å². The van der Waals surface area contributed by atoms with E-state index in [4.69, 9.17) is 4.74 Å². The zero-order valence-corrected chi connectivity index (χ0v) is 13.8. The minimum Gasteiger partial charge on any atom is -0.458 e. The van der Waals surface area contributed by atoms with Gasteiger partial charge in [-0.1, -0.05) is 19.9 Å². The summed E-state index contributed by atoms with van der Waals surface area (Å²) < 4.78 is 20.4. The van der Waals surface area contributed by atoms with Crippen LogP contribution >= 0.6 is 31.9 Å². The fourth-order valence-electron chi connectivity index (χ4n) is 1.94. The second-order valence-electron chi connectivity index (χ2n) is 5.87. The van der Waals surface area contributed by atoms with Gasteiger partial charge in [0.05, 0.1) is 3.39 Å². The lowest BCUT2D eigenvalue weighted by Crippen LogP contribution is -2.33. The lowest BCUT2D eigenvalue weighted by Gasteiger charge is -2.22. The van der Waals surface area contributed by atoms with Gasteiger partial charge in [-0.2, -0.15) is 0 Å². The number of rotatable bonds is 2. The molecule has 1 aliphatic rings. The summed E-state index contributed by atoms with van der Waals surface area (Å²) in [7, 11) is 0. The van der Waals surface area contributed by atoms with Crippen molar-refractivity contribution >= 4 is 37.8 Å². The number of carbonyl (C=O) groups is 1. The Morgan fingerprint density at radius 2 is 1.82 bits per heavy atom. The predicted molar refractivity (Wildman–Crippen MR) is 72.9 cm³/mol. The van der Waals surface area contributed by atoms with Crippen molar-refractivity contribution in [2.24, 2.45) is 11.3 Å². The van der Waals surface area contributed by atoms with Crippen molar-refractivity contribution in [3.63, 3.8) is 0 Å². The zero-order valence-electron chi connectivity index (χ0n) is 10.6. The lowest BCUT2D eigenvalue weighted by atomic mass is 10.1. The summed E-state index contributed by atoms with van der Waals surface area (Å²) in [5.74, 6) is -1.25. The van der Waals surface area contributed by atoms with Crippen molar-refractivity contribution in [2.45, 2.75) is 45.9 Å². The summed E-state index contributed by atoms with van der Waals surface area (Å²) in [6.45, 7) is 8.64. The quantitative estimate of drug-likeness (QED) is 0.675. The van der Waals surface area contributed by atoms with Gasteiger partial charge in [0.25, 0.3) is 0 Å². The highest BCUT2D eigenvalue weighted by Gasteiger charge is 2.78. The molecule has 5 heteroatoms. The Morgan fingerprint density at radius 3 is 2.18 bits per heavy atom. The van der Waals surface area contributed by atoms with E-state index in [9.17, 15) is 9.18 Å². The Bertz CT molecular complexity index is 367. The molecule has 0 radical (unpaired) electrons. The Kier molecular flexibility index (Phi) is 3.87. The number of alkyl halides is 1. The predicted octanol–water partition coefficient (Wildman–Crippen LogP) is 4.32. The third-order valence-corrected chi connectivity index (χ3v) is 3.58. The summed E-state index contributed by atoms with van der Waals surface area (Å²) >= 11 is 6.38. The van der Waals surface area contributed by atoms with Crippen LogP contribution in [0.25, 0.3) is 0 Å². The van der Waals surface area contributed by atoms with Crippen LogP contribution in [0.3, 0.4) is 0 Å². The van der Waals surface area contributed by atoms with E-state index in [0.717, 1.165) is 0 Å². The molecule has 0 bridgehead atoms. The number of hydrogen-bond donors (Lipinski definition) is 0. The van der Waals surface area contributed by atoms with Gasteiger partial charge in [-0.15, -0.1) is 0 Å². The molecule has 17 heavy (non-hydrogen) atoms. The minimum atomic E-state index is -1.94. The van der Waals surface area contributed by atoms with Gasteiger partial charge in [-0.3, -0.25) is 0 Å². The molecule has 1 rings (SSSR count). The summed E-state index contributed by atoms with van der Waals surface area (Å²) in [6, 6.07) is 0. The number of carbonyl (C=O) groups excluding carboxylic acids is 1. The number of allylic oxidation sites excluding steroid dienone is 1. The van der Waals surface area contributed by atoms with Crippen LogP contribution in [-0.2, 0) is 9.53 Å². The van der Waals surface area contributed by atoms with Crippen LogP contribution in [0.15, 0.2) is 9.47 Å². The van der Waals surface area contributed by atoms with Crippen LogP contribution < -0.4 is 0 Å². The molecule has 98 valence electrons. The van der Waals surface area contributed by atoms with E-state index >= 15 is 0 Å². The molecule has 0 spiro atoms. The van der Waals surface area contributed by atoms with Crippen molar-refractivity contribution in [1.29, 1.82) is 0 Å². The number of hydrogen-bond acceptors (Lipinski definition) is 2. The Balaban J connectivity index is 2.91. The second kappa shape index (κ2) is 4.34. The molecule has 0 heterocycles. The standard InChI is InChI=1S/C12H17Br2FO2/c1-10(2,3)17-9(16)12(15)7(6-8(13)14)11(12,4)5/h6-7H,1-5H3/t7-,12-/m1/s1. The van der Waals surface area contributed by atoms with Gasteiger partial charge >= 0.3 is 5.97 Å². The third-order valence-electron chi connectivity index (χ3n) is 3.05. The fourth-order valence-corrected chi connectivity index (χ4v) is 2.47. The maximum absolute atomic E-state index is 14.7. The Hall–Kier alpha value is 0.1000. The van der Waals surface area contributed by atoms with Crippen molar-refractivity contribution in [3.05, 3.63) is 9.47 Å². The summed E-state index contributed by atoms with van der Waals surface area (Å²) in [5, 5.41) is 0. The van der Waals surface area contributed by atoms with Gasteiger partial charge in [-0.05, 0) is 52.6 Å². The SMILES string of the molecule is CC(C)(C)OC(=O)[C@]1(F)[C@H](C=C(Br)Br)C1(C)C. The minimum absolute atomic E-state index is 0.474. The normalized spacial score (nSPS) is 30.7. The summed E-state index contributed by atoms with van der Waals surface area (Å²) in [4.78, 5) is 11.9. The molecule has 2 nitrogen and oxygen atoms in total. The van der Waals surface area contributed by atoms with Crippen molar-refractivity contribution in [2.75, 3.05) is 0 Å². The van der Waals surface area contributed by atoms with Crippen molar-refractivity contribution < 1.29 is 13.9 Å². The van der Waals surface area contributed by atoms with E-state index in [0.29, 0.717) is 3.39 Å². The molecule has 1 fully saturated rings. The summed E-state index contributed by atoms with van der Waals surface area (Å²) in [5.41, 5.74) is -3.34. The Morgan fingerprint density at radius 1 is 1.35 bits per heavy atom. The molecule has 1 aliphatic carbocycles. The molecule has 0 N–H and O–H groups in total. The molecule has 0 aromatic carbocycles. The molecule has 2 atom stereocenters. The second-order valence-corrected chi connectivity index (χ2v) is 8.64. The van der Waals surface area contributed by atoms with Gasteiger partial charge in [0, 0.05) is 11.3 Å². The first-order valence-corrected chi connectivity index (χ1v) is 6.96. The van der Waals surface area contributed by atoms with Gasteiger partial charge in [-0.25, -0.2) is 9.18 Å². The van der Waals surface area contributed by atoms with E-state index in [1.54, 1.807) is 40.7 Å². The smallest absolute Gasteiger partial charge is 0.345 e. The highest BCUT2D eigenvalue weighted by atomic mass is 79.9. The van der Waals surface area contributed by atoms with E-state index in [1.165, 1.54) is 0 Å². The Labute approximate surface area is 118 Å². The number of esters is 1. The van der Waals surface area contributed by atoms with Crippen LogP contribution in [0.2, 0.25) is 0 Å². The largest absolute Gasteiger partial charge is 0.458 e. The maximum atomic E-state index is 14.7. The fraction of sp³-hybridized carbons (Fsp3) is 0.750. The highest BCUT2D eigenvalue weighted by molar-refractivity contribution is 9.28. The van der Waals surface area contributed by atoms with Crippen LogP contribution in [0.5, 0.6) is 0 Å². The molecular weight excluding hydrogens is 355 g/mol. The first kappa shape index (κ1) is 15.2. The van der Waals surface area contributed by atoms with Crippen molar-refractivity contribution in [1.82, 2.24) is 0 Å². The number of halogens is 3. The van der Waals surface area contributed by atoms with E-state index in [2.05, 4.69) is 31.9 Å². The maximum Gasteiger partial charge on any atom is 0.345 e. The van der Waals surface area contributed by atoms with Gasteiger partial charge in [0.15, 0.2) is 0 Å². The first-order chi connectivity index (χ1) is 7.43. The lowest BCUT2D eigenvalue weighted by molar-refractivity contribution is -0.165. The topological polar surface area (TPSA) is 26.3 Å². The van der Waals surface area contributed by atoms with Crippen LogP contribution in [0.4, 0.5) is 4.39 Å². The monoisotopic (exact) mass is 370 g/mol. The average molecular weight is 372 g/mol. The van der Waals surface area contributed by atoms with E-state index < -0.39 is 28.6 Å². The summed E-state index contributed by atoms with van der Waals surface area (Å²) in [6.07, 6.45) is 1.66. The molecule has 0 unspecified atom stereocenters. The first-order valence-electron chi connectivity index (χ1n) is 5.38. The zero-order chi connectivity index (χ0) is 13.6. The molecule has 1 saturated carbocycles. The molecule has 0 aromatic rings. The molecule has 0 aromatic heterocycles. The van der Waals surface area contributed by atoms with Crippen LogP contribution in [0, 0.1) is 11.3 Å². The van der Waals surface area contributed by atoms with Crippen LogP contribution in [0.1, 0.15) is 34.6 Å². The molecule has 0 aliphatic heterocycles. The van der Waals surface area contributed by atoms with Gasteiger partial charge in [0.2, 0.25) is 5.67 Å². The average Bonchev–Trinajstić information content (AvgIpc) is 2.48. The highest BCUT2D eigenvalue weighted by Crippen LogP contribution is 2.66. The van der Waals surface area contributed by atoms with E-state index in [-0.39, 0.29) is 0 Å². The number of ether oxygens (including phenoxy) is 1. The van der Waals surface area contributed by atoms with Gasteiger partial charge in [0.1, 0.15) is 5.60 Å².